The van der Waals surface area contributed by atoms with Gasteiger partial charge in [-0.3, -0.25) is 4.79 Å². The molecule has 0 aromatic carbocycles. The number of hydrogen-bond donors (Lipinski definition) is 1. The Morgan fingerprint density at radius 3 is 2.78 bits per heavy atom. The standard InChI is InChI=1S/C12H19NO5/c14-11(4-3-9-2-1-6-17-9)13-5-7-18-10(8-13)12(15)16/h9-10H,1-8H2,(H,15,16)/t9-,10+/m0/s1. The highest BCUT2D eigenvalue weighted by Crippen LogP contribution is 2.18. The molecule has 1 N–H and O–H groups in total. The zero-order valence-electron chi connectivity index (χ0n) is 10.3. The zero-order valence-corrected chi connectivity index (χ0v) is 10.3. The second kappa shape index (κ2) is 6.15. The molecule has 2 heterocycles. The second-order valence-electron chi connectivity index (χ2n) is 4.71. The molecule has 0 bridgehead atoms. The Balaban J connectivity index is 1.75. The Hall–Kier alpha value is -1.14. The Labute approximate surface area is 106 Å². The lowest BCUT2D eigenvalue weighted by Gasteiger charge is -2.31. The predicted molar refractivity (Wildman–Crippen MR) is 62.2 cm³/mol. The summed E-state index contributed by atoms with van der Waals surface area (Å²) in [6, 6.07) is 0. The average molecular weight is 257 g/mol. The van der Waals surface area contributed by atoms with Crippen LogP contribution in [0.3, 0.4) is 0 Å². The van der Waals surface area contributed by atoms with E-state index in [2.05, 4.69) is 0 Å². The molecule has 0 aliphatic carbocycles. The summed E-state index contributed by atoms with van der Waals surface area (Å²) in [5.41, 5.74) is 0. The van der Waals surface area contributed by atoms with Crippen molar-refractivity contribution in [3.05, 3.63) is 0 Å². The van der Waals surface area contributed by atoms with Crippen molar-refractivity contribution in [1.29, 1.82) is 0 Å². The smallest absolute Gasteiger partial charge is 0.334 e. The van der Waals surface area contributed by atoms with Crippen LogP contribution in [0.2, 0.25) is 0 Å². The summed E-state index contributed by atoms with van der Waals surface area (Å²) in [6.45, 7) is 1.72. The van der Waals surface area contributed by atoms with E-state index >= 15 is 0 Å². The van der Waals surface area contributed by atoms with Gasteiger partial charge in [-0.1, -0.05) is 0 Å². The molecule has 6 heteroatoms. The maximum absolute atomic E-state index is 11.9. The van der Waals surface area contributed by atoms with E-state index in [0.717, 1.165) is 25.9 Å². The minimum atomic E-state index is -1.01. The highest BCUT2D eigenvalue weighted by atomic mass is 16.5. The van der Waals surface area contributed by atoms with Crippen LogP contribution in [0.1, 0.15) is 25.7 Å². The molecule has 6 nitrogen and oxygen atoms in total. The maximum Gasteiger partial charge on any atom is 0.334 e. The molecule has 2 rings (SSSR count). The van der Waals surface area contributed by atoms with Gasteiger partial charge < -0.3 is 19.5 Å². The van der Waals surface area contributed by atoms with E-state index in [1.165, 1.54) is 0 Å². The zero-order chi connectivity index (χ0) is 13.0. The van der Waals surface area contributed by atoms with Crippen LogP contribution < -0.4 is 0 Å². The van der Waals surface area contributed by atoms with Crippen LogP contribution in [-0.2, 0) is 19.1 Å². The first-order valence-corrected chi connectivity index (χ1v) is 6.40. The fourth-order valence-electron chi connectivity index (χ4n) is 2.34. The predicted octanol–water partition coefficient (Wildman–Crippen LogP) is 0.258. The van der Waals surface area contributed by atoms with Crippen LogP contribution >= 0.6 is 0 Å². The molecule has 2 atom stereocenters. The van der Waals surface area contributed by atoms with Crippen LogP contribution in [0, 0.1) is 0 Å². The number of carboxylic acid groups (broad SMARTS) is 1. The van der Waals surface area contributed by atoms with E-state index in [9.17, 15) is 9.59 Å². The molecule has 0 spiro atoms. The minimum absolute atomic E-state index is 0.0000463. The number of morpholine rings is 1. The van der Waals surface area contributed by atoms with E-state index in [4.69, 9.17) is 14.6 Å². The number of ether oxygens (including phenoxy) is 2. The average Bonchev–Trinajstić information content (AvgIpc) is 2.89. The number of carbonyl (C=O) groups excluding carboxylic acids is 1. The maximum atomic E-state index is 11.9. The van der Waals surface area contributed by atoms with Crippen molar-refractivity contribution in [3.63, 3.8) is 0 Å². The van der Waals surface area contributed by atoms with Crippen LogP contribution in [-0.4, -0.2) is 60.4 Å². The van der Waals surface area contributed by atoms with Crippen molar-refractivity contribution in [2.24, 2.45) is 0 Å². The van der Waals surface area contributed by atoms with E-state index in [1.54, 1.807) is 4.90 Å². The van der Waals surface area contributed by atoms with E-state index < -0.39 is 12.1 Å². The van der Waals surface area contributed by atoms with Gasteiger partial charge in [0.05, 0.1) is 19.3 Å². The molecule has 2 saturated heterocycles. The van der Waals surface area contributed by atoms with Crippen molar-refractivity contribution >= 4 is 11.9 Å². The van der Waals surface area contributed by atoms with Crippen molar-refractivity contribution in [2.75, 3.05) is 26.3 Å². The molecular weight excluding hydrogens is 238 g/mol. The number of hydrogen-bond acceptors (Lipinski definition) is 4. The van der Waals surface area contributed by atoms with Gasteiger partial charge in [-0.05, 0) is 19.3 Å². The largest absolute Gasteiger partial charge is 0.479 e. The summed E-state index contributed by atoms with van der Waals surface area (Å²) in [6.07, 6.45) is 2.56. The summed E-state index contributed by atoms with van der Waals surface area (Å²) in [5, 5.41) is 8.86. The van der Waals surface area contributed by atoms with Gasteiger partial charge in [-0.15, -0.1) is 0 Å². The SMILES string of the molecule is O=C(O)[C@H]1CN(C(=O)CC[C@@H]2CCCO2)CCO1. The van der Waals surface area contributed by atoms with E-state index in [1.807, 2.05) is 0 Å². The Kier molecular flexibility index (Phi) is 4.54. The summed E-state index contributed by atoms with van der Waals surface area (Å²) < 4.78 is 10.5. The minimum Gasteiger partial charge on any atom is -0.479 e. The summed E-state index contributed by atoms with van der Waals surface area (Å²) in [7, 11) is 0. The highest BCUT2D eigenvalue weighted by Gasteiger charge is 2.29. The number of carbonyl (C=O) groups is 2. The number of rotatable bonds is 4. The van der Waals surface area contributed by atoms with Gasteiger partial charge in [0.15, 0.2) is 6.10 Å². The Morgan fingerprint density at radius 1 is 1.28 bits per heavy atom. The topological polar surface area (TPSA) is 76.1 Å². The molecule has 2 fully saturated rings. The number of aliphatic carboxylic acids is 1. The first kappa shape index (κ1) is 13.3. The molecule has 2 aliphatic rings. The van der Waals surface area contributed by atoms with Crippen LogP contribution in [0.25, 0.3) is 0 Å². The molecule has 0 saturated carbocycles. The molecule has 0 aromatic rings. The van der Waals surface area contributed by atoms with Crippen LogP contribution in [0.5, 0.6) is 0 Å². The Morgan fingerprint density at radius 2 is 2.11 bits per heavy atom. The lowest BCUT2D eigenvalue weighted by molar-refractivity contribution is -0.159. The summed E-state index contributed by atoms with van der Waals surface area (Å²) in [5.74, 6) is -1.01. The van der Waals surface area contributed by atoms with Crippen LogP contribution in [0.15, 0.2) is 0 Å². The lowest BCUT2D eigenvalue weighted by Crippen LogP contribution is -2.48. The molecule has 18 heavy (non-hydrogen) atoms. The second-order valence-corrected chi connectivity index (χ2v) is 4.71. The van der Waals surface area contributed by atoms with Gasteiger partial charge in [-0.25, -0.2) is 4.79 Å². The fraction of sp³-hybridized carbons (Fsp3) is 0.833. The highest BCUT2D eigenvalue weighted by molar-refractivity contribution is 5.78. The van der Waals surface area contributed by atoms with Crippen LogP contribution in [0.4, 0.5) is 0 Å². The fourth-order valence-corrected chi connectivity index (χ4v) is 2.34. The van der Waals surface area contributed by atoms with E-state index in [0.29, 0.717) is 19.6 Å². The van der Waals surface area contributed by atoms with Crippen molar-refractivity contribution < 1.29 is 24.2 Å². The van der Waals surface area contributed by atoms with Gasteiger partial charge >= 0.3 is 5.97 Å². The first-order chi connectivity index (χ1) is 8.66. The monoisotopic (exact) mass is 257 g/mol. The molecule has 0 radical (unpaired) electrons. The molecule has 1 amide bonds. The number of nitrogens with zero attached hydrogens (tertiary/aromatic N) is 1. The van der Waals surface area contributed by atoms with Gasteiger partial charge in [0, 0.05) is 19.6 Å². The molecule has 0 aromatic heterocycles. The molecule has 2 aliphatic heterocycles. The third-order valence-corrected chi connectivity index (χ3v) is 3.40. The van der Waals surface area contributed by atoms with E-state index in [-0.39, 0.29) is 18.6 Å². The van der Waals surface area contributed by atoms with Crippen molar-refractivity contribution in [3.8, 4) is 0 Å². The first-order valence-electron chi connectivity index (χ1n) is 6.40. The van der Waals surface area contributed by atoms with Gasteiger partial charge in [0.1, 0.15) is 0 Å². The quantitative estimate of drug-likeness (QED) is 0.781. The lowest BCUT2D eigenvalue weighted by atomic mass is 10.1. The molecule has 102 valence electrons. The molecular formula is C12H19NO5. The number of carboxylic acids is 1. The van der Waals surface area contributed by atoms with Gasteiger partial charge in [0.2, 0.25) is 5.91 Å². The Bertz CT molecular complexity index is 314. The summed E-state index contributed by atoms with van der Waals surface area (Å²) >= 11 is 0. The van der Waals surface area contributed by atoms with Gasteiger partial charge in [-0.2, -0.15) is 0 Å². The van der Waals surface area contributed by atoms with Crippen molar-refractivity contribution in [1.82, 2.24) is 4.90 Å². The number of amides is 1. The van der Waals surface area contributed by atoms with Crippen molar-refractivity contribution in [2.45, 2.75) is 37.9 Å². The third-order valence-electron chi connectivity index (χ3n) is 3.40. The van der Waals surface area contributed by atoms with Gasteiger partial charge in [0.25, 0.3) is 0 Å². The summed E-state index contributed by atoms with van der Waals surface area (Å²) in [4.78, 5) is 24.3. The normalized spacial score (nSPS) is 28.3. The molecule has 0 unspecified atom stereocenters. The third kappa shape index (κ3) is 3.43.